The molecule has 0 fully saturated rings. The monoisotopic (exact) mass is 298 g/mol. The molecule has 0 aromatic heterocycles. The Balaban J connectivity index is 1.91. The summed E-state index contributed by atoms with van der Waals surface area (Å²) in [5.74, 6) is 1.04. The summed E-state index contributed by atoms with van der Waals surface area (Å²) < 4.78 is 5.56. The van der Waals surface area contributed by atoms with Crippen LogP contribution in [0.4, 0.5) is 0 Å². The summed E-state index contributed by atoms with van der Waals surface area (Å²) in [7, 11) is -2.82. The van der Waals surface area contributed by atoms with Gasteiger partial charge in [0.05, 0.1) is 6.61 Å². The van der Waals surface area contributed by atoms with Gasteiger partial charge in [0, 0.05) is 0 Å². The molecule has 0 spiro atoms. The van der Waals surface area contributed by atoms with Crippen LogP contribution in [0.25, 0.3) is 0 Å². The number of phenolic OH excluding ortho intramolecular Hbond substituents is 1. The van der Waals surface area contributed by atoms with E-state index in [-0.39, 0.29) is 5.75 Å². The van der Waals surface area contributed by atoms with E-state index in [1.165, 1.54) is 0 Å². The molecule has 20 heavy (non-hydrogen) atoms. The van der Waals surface area contributed by atoms with E-state index in [0.29, 0.717) is 12.7 Å². The molecule has 0 aliphatic rings. The standard InChI is InChI=1S/C15H26O4Si/c1-20(17,18)13-7-5-3-2-4-6-12-19-15-10-8-14(16)9-11-15/h8-11,16-18H,2-7,12-13H2,1H3. The number of rotatable bonds is 10. The third-order valence-electron chi connectivity index (χ3n) is 3.15. The largest absolute Gasteiger partial charge is 0.508 e. The van der Waals surface area contributed by atoms with Gasteiger partial charge < -0.3 is 19.4 Å². The normalized spacial score (nSPS) is 11.6. The van der Waals surface area contributed by atoms with E-state index in [1.54, 1.807) is 30.8 Å². The second-order valence-electron chi connectivity index (χ2n) is 5.43. The van der Waals surface area contributed by atoms with Crippen molar-refractivity contribution in [1.29, 1.82) is 0 Å². The molecule has 0 aliphatic heterocycles. The second kappa shape index (κ2) is 9.00. The summed E-state index contributed by atoms with van der Waals surface area (Å²) in [6.45, 7) is 2.26. The van der Waals surface area contributed by atoms with Gasteiger partial charge in [-0.2, -0.15) is 0 Å². The SMILES string of the molecule is C[Si](O)(O)CCCCCCCCOc1ccc(O)cc1. The molecule has 0 saturated heterocycles. The number of hydrogen-bond acceptors (Lipinski definition) is 4. The minimum Gasteiger partial charge on any atom is -0.508 e. The number of ether oxygens (including phenoxy) is 1. The third-order valence-corrected chi connectivity index (χ3v) is 4.45. The zero-order valence-electron chi connectivity index (χ0n) is 12.2. The molecule has 4 nitrogen and oxygen atoms in total. The van der Waals surface area contributed by atoms with E-state index in [9.17, 15) is 9.59 Å². The smallest absolute Gasteiger partial charge is 0.329 e. The summed E-state index contributed by atoms with van der Waals surface area (Å²) in [5.41, 5.74) is 0. The van der Waals surface area contributed by atoms with Crippen molar-refractivity contribution in [2.24, 2.45) is 0 Å². The molecule has 1 aromatic carbocycles. The Labute approximate surface area is 122 Å². The van der Waals surface area contributed by atoms with Crippen molar-refractivity contribution in [2.75, 3.05) is 6.61 Å². The maximum Gasteiger partial charge on any atom is 0.329 e. The van der Waals surface area contributed by atoms with E-state index in [1.807, 2.05) is 0 Å². The number of benzene rings is 1. The molecule has 5 heteroatoms. The highest BCUT2D eigenvalue weighted by Crippen LogP contribution is 2.16. The Morgan fingerprint density at radius 3 is 2.05 bits per heavy atom. The molecule has 0 heterocycles. The molecule has 1 rings (SSSR count). The second-order valence-corrected chi connectivity index (χ2v) is 8.36. The fraction of sp³-hybridized carbons (Fsp3) is 0.600. The van der Waals surface area contributed by atoms with Crippen molar-refractivity contribution in [3.63, 3.8) is 0 Å². The highest BCUT2D eigenvalue weighted by atomic mass is 28.4. The predicted molar refractivity (Wildman–Crippen MR) is 82.2 cm³/mol. The van der Waals surface area contributed by atoms with Gasteiger partial charge in [-0.1, -0.05) is 32.1 Å². The van der Waals surface area contributed by atoms with Gasteiger partial charge in [0.1, 0.15) is 11.5 Å². The predicted octanol–water partition coefficient (Wildman–Crippen LogP) is 3.17. The van der Waals surface area contributed by atoms with Gasteiger partial charge >= 0.3 is 8.56 Å². The minimum atomic E-state index is -2.82. The fourth-order valence-electron chi connectivity index (χ4n) is 2.00. The molecule has 0 aliphatic carbocycles. The highest BCUT2D eigenvalue weighted by molar-refractivity contribution is 6.63. The maximum atomic E-state index is 9.28. The first-order valence-electron chi connectivity index (χ1n) is 7.34. The molecule has 0 bridgehead atoms. The van der Waals surface area contributed by atoms with Crippen LogP contribution < -0.4 is 4.74 Å². The minimum absolute atomic E-state index is 0.252. The van der Waals surface area contributed by atoms with Crippen LogP contribution in [0.5, 0.6) is 11.5 Å². The first kappa shape index (κ1) is 17.0. The zero-order valence-corrected chi connectivity index (χ0v) is 13.2. The Morgan fingerprint density at radius 2 is 1.45 bits per heavy atom. The van der Waals surface area contributed by atoms with Crippen molar-refractivity contribution >= 4 is 8.56 Å². The molecule has 0 atom stereocenters. The maximum absolute atomic E-state index is 9.28. The van der Waals surface area contributed by atoms with E-state index in [4.69, 9.17) is 9.84 Å². The summed E-state index contributed by atoms with van der Waals surface area (Å²) in [6.07, 6.45) is 6.44. The van der Waals surface area contributed by atoms with Crippen LogP contribution in [0.15, 0.2) is 24.3 Å². The lowest BCUT2D eigenvalue weighted by atomic mass is 10.1. The fourth-order valence-corrected chi connectivity index (χ4v) is 2.92. The summed E-state index contributed by atoms with van der Waals surface area (Å²) in [5, 5.41) is 9.13. The molecule has 0 saturated carbocycles. The van der Waals surface area contributed by atoms with Crippen LogP contribution in [0.2, 0.25) is 12.6 Å². The van der Waals surface area contributed by atoms with Gasteiger partial charge in [0.15, 0.2) is 0 Å². The first-order valence-corrected chi connectivity index (χ1v) is 9.94. The van der Waals surface area contributed by atoms with E-state index >= 15 is 0 Å². The van der Waals surface area contributed by atoms with Gasteiger partial charge in [-0.25, -0.2) is 0 Å². The van der Waals surface area contributed by atoms with E-state index < -0.39 is 8.56 Å². The van der Waals surface area contributed by atoms with Gasteiger partial charge in [0.25, 0.3) is 0 Å². The molecular weight excluding hydrogens is 272 g/mol. The summed E-state index contributed by atoms with van der Waals surface area (Å²) in [6, 6.07) is 7.35. The Kier molecular flexibility index (Phi) is 7.65. The molecule has 0 unspecified atom stereocenters. The average Bonchev–Trinajstić information content (AvgIpc) is 2.37. The quantitative estimate of drug-likeness (QED) is 0.458. The molecular formula is C15H26O4Si. The van der Waals surface area contributed by atoms with Crippen LogP contribution in [-0.4, -0.2) is 29.9 Å². The van der Waals surface area contributed by atoms with Gasteiger partial charge in [-0.3, -0.25) is 0 Å². The number of hydrogen-bond donors (Lipinski definition) is 3. The van der Waals surface area contributed by atoms with Crippen LogP contribution in [0, 0.1) is 0 Å². The van der Waals surface area contributed by atoms with Crippen molar-refractivity contribution in [3.8, 4) is 11.5 Å². The van der Waals surface area contributed by atoms with Gasteiger partial charge in [0.2, 0.25) is 0 Å². The van der Waals surface area contributed by atoms with E-state index in [0.717, 1.165) is 44.3 Å². The lowest BCUT2D eigenvalue weighted by Gasteiger charge is -2.10. The molecule has 0 radical (unpaired) electrons. The molecule has 0 amide bonds. The molecule has 3 N–H and O–H groups in total. The van der Waals surface area contributed by atoms with Crippen LogP contribution in [-0.2, 0) is 0 Å². The molecule has 1 aromatic rings. The first-order chi connectivity index (χ1) is 9.47. The average molecular weight is 298 g/mol. The zero-order chi connectivity index (χ0) is 14.8. The van der Waals surface area contributed by atoms with Gasteiger partial charge in [-0.05, 0) is 43.3 Å². The van der Waals surface area contributed by atoms with Crippen LogP contribution >= 0.6 is 0 Å². The number of aromatic hydroxyl groups is 1. The number of unbranched alkanes of at least 4 members (excludes halogenated alkanes) is 5. The van der Waals surface area contributed by atoms with Crippen molar-refractivity contribution in [3.05, 3.63) is 24.3 Å². The lowest BCUT2D eigenvalue weighted by molar-refractivity contribution is 0.304. The summed E-state index contributed by atoms with van der Waals surface area (Å²) in [4.78, 5) is 18.6. The Bertz CT molecular complexity index is 359. The van der Waals surface area contributed by atoms with Crippen LogP contribution in [0.3, 0.4) is 0 Å². The van der Waals surface area contributed by atoms with Crippen LogP contribution in [0.1, 0.15) is 38.5 Å². The van der Waals surface area contributed by atoms with Crippen molar-refractivity contribution in [1.82, 2.24) is 0 Å². The number of phenols is 1. The topological polar surface area (TPSA) is 69.9 Å². The molecule has 114 valence electrons. The van der Waals surface area contributed by atoms with E-state index in [2.05, 4.69) is 0 Å². The van der Waals surface area contributed by atoms with Gasteiger partial charge in [-0.15, -0.1) is 0 Å². The summed E-state index contributed by atoms with van der Waals surface area (Å²) >= 11 is 0. The van der Waals surface area contributed by atoms with Crippen molar-refractivity contribution < 1.29 is 19.4 Å². The third kappa shape index (κ3) is 8.96. The highest BCUT2D eigenvalue weighted by Gasteiger charge is 2.19. The Hall–Kier alpha value is -1.04. The van der Waals surface area contributed by atoms with Crippen molar-refractivity contribution in [2.45, 2.75) is 51.1 Å². The lowest BCUT2D eigenvalue weighted by Crippen LogP contribution is -2.29. The Morgan fingerprint density at radius 1 is 0.900 bits per heavy atom.